The van der Waals surface area contributed by atoms with Crippen LogP contribution in [-0.2, 0) is 16.0 Å². The molecular formula is C14H23N5O2. The molecule has 0 aliphatic rings. The van der Waals surface area contributed by atoms with Crippen LogP contribution in [0.15, 0.2) is 18.5 Å². The van der Waals surface area contributed by atoms with Gasteiger partial charge in [-0.3, -0.25) is 4.68 Å². The van der Waals surface area contributed by atoms with Crippen LogP contribution in [0.1, 0.15) is 51.4 Å². The lowest BCUT2D eigenvalue weighted by Crippen LogP contribution is -2.09. The van der Waals surface area contributed by atoms with Gasteiger partial charge in [-0.05, 0) is 33.8 Å². The molecule has 2 aromatic rings. The standard InChI is InChI=1S/C14H23N5O2/c1-5-20-14(21-6-2)13-10-18(17-15-13)9-12-7-8-19(16-12)11(3)4/h7-8,10-11,14H,5-6,9H2,1-4H3. The van der Waals surface area contributed by atoms with Crippen LogP contribution in [0.3, 0.4) is 0 Å². The summed E-state index contributed by atoms with van der Waals surface area (Å²) in [5.74, 6) is 0. The molecule has 0 aliphatic carbocycles. The van der Waals surface area contributed by atoms with Crippen molar-refractivity contribution in [3.05, 3.63) is 29.8 Å². The zero-order valence-corrected chi connectivity index (χ0v) is 13.1. The molecule has 0 saturated heterocycles. The molecule has 0 spiro atoms. The van der Waals surface area contributed by atoms with Crippen molar-refractivity contribution in [3.63, 3.8) is 0 Å². The molecule has 116 valence electrons. The second-order valence-corrected chi connectivity index (χ2v) is 4.96. The maximum absolute atomic E-state index is 5.51. The molecule has 0 radical (unpaired) electrons. The molecule has 0 N–H and O–H groups in total. The SMILES string of the molecule is CCOC(OCC)c1cn(Cc2ccn(C(C)C)n2)nn1. The van der Waals surface area contributed by atoms with Gasteiger partial charge in [-0.25, -0.2) is 4.68 Å². The summed E-state index contributed by atoms with van der Waals surface area (Å²) < 4.78 is 14.7. The van der Waals surface area contributed by atoms with Crippen LogP contribution in [0.25, 0.3) is 0 Å². The zero-order valence-electron chi connectivity index (χ0n) is 13.1. The summed E-state index contributed by atoms with van der Waals surface area (Å²) in [4.78, 5) is 0. The van der Waals surface area contributed by atoms with Crippen LogP contribution in [-0.4, -0.2) is 38.0 Å². The van der Waals surface area contributed by atoms with E-state index in [1.54, 1.807) is 4.68 Å². The highest BCUT2D eigenvalue weighted by molar-refractivity contribution is 5.02. The molecule has 0 amide bonds. The fraction of sp³-hybridized carbons (Fsp3) is 0.643. The highest BCUT2D eigenvalue weighted by Gasteiger charge is 2.16. The minimum absolute atomic E-state index is 0.352. The zero-order chi connectivity index (χ0) is 15.2. The van der Waals surface area contributed by atoms with E-state index in [-0.39, 0.29) is 0 Å². The first-order valence-corrected chi connectivity index (χ1v) is 7.31. The average Bonchev–Trinajstić information content (AvgIpc) is 3.08. The van der Waals surface area contributed by atoms with Crippen LogP contribution in [0.2, 0.25) is 0 Å². The van der Waals surface area contributed by atoms with E-state index >= 15 is 0 Å². The van der Waals surface area contributed by atoms with Crippen molar-refractivity contribution in [1.82, 2.24) is 24.8 Å². The average molecular weight is 293 g/mol. The third kappa shape index (κ3) is 4.12. The van der Waals surface area contributed by atoms with E-state index in [9.17, 15) is 0 Å². The molecular weight excluding hydrogens is 270 g/mol. The number of aromatic nitrogens is 5. The predicted octanol–water partition coefficient (Wildman–Crippen LogP) is 2.18. The number of rotatable bonds is 8. The normalized spacial score (nSPS) is 11.7. The lowest BCUT2D eigenvalue weighted by Gasteiger charge is -2.13. The molecule has 0 saturated carbocycles. The Hall–Kier alpha value is -1.73. The van der Waals surface area contributed by atoms with Crippen molar-refractivity contribution in [3.8, 4) is 0 Å². The van der Waals surface area contributed by atoms with Gasteiger partial charge in [0.2, 0.25) is 6.29 Å². The summed E-state index contributed by atoms with van der Waals surface area (Å²) in [6.07, 6.45) is 3.35. The van der Waals surface area contributed by atoms with E-state index < -0.39 is 6.29 Å². The van der Waals surface area contributed by atoms with Gasteiger partial charge in [0.05, 0.1) is 18.4 Å². The van der Waals surface area contributed by atoms with Gasteiger partial charge in [0.15, 0.2) is 0 Å². The van der Waals surface area contributed by atoms with E-state index in [1.807, 2.05) is 37.0 Å². The first kappa shape index (κ1) is 15.7. The van der Waals surface area contributed by atoms with Crippen LogP contribution in [0, 0.1) is 0 Å². The Morgan fingerprint density at radius 2 is 1.90 bits per heavy atom. The molecule has 0 bridgehead atoms. The Morgan fingerprint density at radius 3 is 2.48 bits per heavy atom. The molecule has 0 fully saturated rings. The summed E-state index contributed by atoms with van der Waals surface area (Å²) in [6, 6.07) is 2.34. The Kier molecular flexibility index (Phi) is 5.46. The van der Waals surface area contributed by atoms with E-state index in [0.29, 0.717) is 31.5 Å². The largest absolute Gasteiger partial charge is 0.347 e. The van der Waals surface area contributed by atoms with Gasteiger partial charge in [0.1, 0.15) is 5.69 Å². The number of ether oxygens (including phenoxy) is 2. The number of nitrogens with zero attached hydrogens (tertiary/aromatic N) is 5. The van der Waals surface area contributed by atoms with E-state index in [1.165, 1.54) is 0 Å². The fourth-order valence-electron chi connectivity index (χ4n) is 1.94. The van der Waals surface area contributed by atoms with Crippen molar-refractivity contribution < 1.29 is 9.47 Å². The summed E-state index contributed by atoms with van der Waals surface area (Å²) in [5, 5.41) is 12.7. The topological polar surface area (TPSA) is 67.0 Å². The molecule has 0 atom stereocenters. The number of hydrogen-bond donors (Lipinski definition) is 0. The molecule has 0 aromatic carbocycles. The van der Waals surface area contributed by atoms with Gasteiger partial charge in [-0.15, -0.1) is 5.10 Å². The highest BCUT2D eigenvalue weighted by atomic mass is 16.7. The first-order valence-electron chi connectivity index (χ1n) is 7.31. The lowest BCUT2D eigenvalue weighted by atomic mass is 10.4. The Morgan fingerprint density at radius 1 is 1.19 bits per heavy atom. The van der Waals surface area contributed by atoms with Gasteiger partial charge >= 0.3 is 0 Å². The van der Waals surface area contributed by atoms with Crippen LogP contribution < -0.4 is 0 Å². The van der Waals surface area contributed by atoms with Gasteiger partial charge in [-0.1, -0.05) is 5.21 Å². The Labute approximate surface area is 124 Å². The van der Waals surface area contributed by atoms with E-state index in [2.05, 4.69) is 29.3 Å². The van der Waals surface area contributed by atoms with Gasteiger partial charge in [-0.2, -0.15) is 5.10 Å². The quantitative estimate of drug-likeness (QED) is 0.698. The third-order valence-electron chi connectivity index (χ3n) is 2.95. The van der Waals surface area contributed by atoms with Gasteiger partial charge < -0.3 is 9.47 Å². The molecule has 2 heterocycles. The van der Waals surface area contributed by atoms with Crippen LogP contribution >= 0.6 is 0 Å². The molecule has 7 nitrogen and oxygen atoms in total. The maximum atomic E-state index is 5.51. The minimum Gasteiger partial charge on any atom is -0.347 e. The second-order valence-electron chi connectivity index (χ2n) is 4.96. The highest BCUT2D eigenvalue weighted by Crippen LogP contribution is 2.16. The predicted molar refractivity (Wildman–Crippen MR) is 77.7 cm³/mol. The minimum atomic E-state index is -0.457. The van der Waals surface area contributed by atoms with Crippen molar-refractivity contribution in [1.29, 1.82) is 0 Å². The van der Waals surface area contributed by atoms with Crippen molar-refractivity contribution in [2.45, 2.75) is 46.6 Å². The summed E-state index contributed by atoms with van der Waals surface area (Å²) in [6.45, 7) is 9.76. The van der Waals surface area contributed by atoms with Gasteiger partial charge in [0, 0.05) is 25.5 Å². The fourth-order valence-corrected chi connectivity index (χ4v) is 1.94. The molecule has 0 unspecified atom stereocenters. The molecule has 21 heavy (non-hydrogen) atoms. The summed E-state index contributed by atoms with van der Waals surface area (Å²) in [5.41, 5.74) is 1.63. The Bertz CT molecular complexity index is 543. The smallest absolute Gasteiger partial charge is 0.204 e. The van der Waals surface area contributed by atoms with E-state index in [0.717, 1.165) is 5.69 Å². The molecule has 2 aromatic heterocycles. The summed E-state index contributed by atoms with van der Waals surface area (Å²) >= 11 is 0. The maximum Gasteiger partial charge on any atom is 0.204 e. The Balaban J connectivity index is 2.04. The van der Waals surface area contributed by atoms with Crippen LogP contribution in [0.5, 0.6) is 0 Å². The van der Waals surface area contributed by atoms with Gasteiger partial charge in [0.25, 0.3) is 0 Å². The lowest BCUT2D eigenvalue weighted by molar-refractivity contribution is -0.142. The van der Waals surface area contributed by atoms with Crippen LogP contribution in [0.4, 0.5) is 0 Å². The molecule has 7 heteroatoms. The second kappa shape index (κ2) is 7.33. The van der Waals surface area contributed by atoms with Crippen molar-refractivity contribution >= 4 is 0 Å². The molecule has 0 aliphatic heterocycles. The van der Waals surface area contributed by atoms with E-state index in [4.69, 9.17) is 9.47 Å². The number of hydrogen-bond acceptors (Lipinski definition) is 5. The third-order valence-corrected chi connectivity index (χ3v) is 2.95. The van der Waals surface area contributed by atoms with Crippen molar-refractivity contribution in [2.24, 2.45) is 0 Å². The van der Waals surface area contributed by atoms with Crippen molar-refractivity contribution in [2.75, 3.05) is 13.2 Å². The summed E-state index contributed by atoms with van der Waals surface area (Å²) in [7, 11) is 0. The molecule has 2 rings (SSSR count). The first-order chi connectivity index (χ1) is 10.1. The monoisotopic (exact) mass is 293 g/mol.